The second-order valence-corrected chi connectivity index (χ2v) is 6.53. The van der Waals surface area contributed by atoms with Crippen molar-refractivity contribution >= 4 is 28.6 Å². The Morgan fingerprint density at radius 2 is 2.14 bits per heavy atom. The van der Waals surface area contributed by atoms with Gasteiger partial charge in [-0.25, -0.2) is 4.98 Å². The number of hydrogen-bond donors (Lipinski definition) is 1. The van der Waals surface area contributed by atoms with E-state index in [1.54, 1.807) is 12.4 Å². The van der Waals surface area contributed by atoms with Crippen LogP contribution in [0.4, 0.5) is 0 Å². The molecule has 2 aromatic heterocycles. The van der Waals surface area contributed by atoms with Crippen LogP contribution in [0.2, 0.25) is 0 Å². The van der Waals surface area contributed by atoms with Crippen molar-refractivity contribution in [2.45, 2.75) is 30.8 Å². The van der Waals surface area contributed by atoms with Crippen molar-refractivity contribution in [3.63, 3.8) is 0 Å². The van der Waals surface area contributed by atoms with Gasteiger partial charge in [-0.3, -0.25) is 9.36 Å². The molecule has 0 fully saturated rings. The molecule has 112 valence electrons. The highest BCUT2D eigenvalue weighted by atomic mass is 32.2. The van der Waals surface area contributed by atoms with Crippen molar-refractivity contribution in [3.8, 4) is 0 Å². The Labute approximate surface area is 132 Å². The van der Waals surface area contributed by atoms with Gasteiger partial charge in [0.1, 0.15) is 0 Å². The Morgan fingerprint density at radius 3 is 3.00 bits per heavy atom. The SMILES string of the molecule is O=C(CSc1ncc[nH]1)n1c2c(c3ccccc31)CCCC2. The first-order valence-electron chi connectivity index (χ1n) is 7.61. The number of aryl methyl sites for hydroxylation is 1. The van der Waals surface area contributed by atoms with Gasteiger partial charge in [0.2, 0.25) is 5.91 Å². The van der Waals surface area contributed by atoms with Crippen LogP contribution in [0, 0.1) is 0 Å². The van der Waals surface area contributed by atoms with Gasteiger partial charge in [-0.05, 0) is 37.3 Å². The van der Waals surface area contributed by atoms with Gasteiger partial charge < -0.3 is 4.98 Å². The van der Waals surface area contributed by atoms with Crippen LogP contribution < -0.4 is 0 Å². The third-order valence-corrected chi connectivity index (χ3v) is 5.12. The van der Waals surface area contributed by atoms with Crippen LogP contribution in [0.5, 0.6) is 0 Å². The molecule has 1 aliphatic carbocycles. The van der Waals surface area contributed by atoms with E-state index in [9.17, 15) is 4.79 Å². The number of benzene rings is 1. The van der Waals surface area contributed by atoms with E-state index in [1.165, 1.54) is 41.2 Å². The van der Waals surface area contributed by atoms with E-state index >= 15 is 0 Å². The topological polar surface area (TPSA) is 50.7 Å². The lowest BCUT2D eigenvalue weighted by atomic mass is 9.96. The van der Waals surface area contributed by atoms with Gasteiger partial charge >= 0.3 is 0 Å². The summed E-state index contributed by atoms with van der Waals surface area (Å²) in [7, 11) is 0. The number of hydrogen-bond acceptors (Lipinski definition) is 3. The number of nitrogens with zero attached hydrogens (tertiary/aromatic N) is 2. The van der Waals surface area contributed by atoms with Crippen LogP contribution in [-0.4, -0.2) is 26.2 Å². The van der Waals surface area contributed by atoms with Crippen LogP contribution in [0.15, 0.2) is 41.8 Å². The Balaban J connectivity index is 1.72. The number of aromatic nitrogens is 3. The minimum Gasteiger partial charge on any atom is -0.340 e. The predicted octanol–water partition coefficient (Wildman–Crippen LogP) is 3.68. The number of para-hydroxylation sites is 1. The molecule has 0 saturated heterocycles. The van der Waals surface area contributed by atoms with Crippen LogP contribution in [0.25, 0.3) is 10.9 Å². The smallest absolute Gasteiger partial charge is 0.241 e. The molecule has 2 heterocycles. The lowest BCUT2D eigenvalue weighted by Crippen LogP contribution is -2.18. The summed E-state index contributed by atoms with van der Waals surface area (Å²) in [5.41, 5.74) is 3.65. The van der Waals surface area contributed by atoms with Crippen LogP contribution in [0.3, 0.4) is 0 Å². The van der Waals surface area contributed by atoms with Crippen molar-refractivity contribution in [1.82, 2.24) is 14.5 Å². The molecule has 0 bridgehead atoms. The number of aromatic amines is 1. The number of carbonyl (C=O) groups excluding carboxylic acids is 1. The van der Waals surface area contributed by atoms with Gasteiger partial charge in [-0.2, -0.15) is 0 Å². The molecule has 4 nitrogen and oxygen atoms in total. The average molecular weight is 311 g/mol. The number of imidazole rings is 1. The zero-order valence-electron chi connectivity index (χ0n) is 12.2. The molecule has 22 heavy (non-hydrogen) atoms. The third-order valence-electron chi connectivity index (χ3n) is 4.23. The van der Waals surface area contributed by atoms with E-state index in [4.69, 9.17) is 0 Å². The van der Waals surface area contributed by atoms with Crippen LogP contribution in [-0.2, 0) is 12.8 Å². The molecule has 5 heteroatoms. The highest BCUT2D eigenvalue weighted by molar-refractivity contribution is 7.99. The fourth-order valence-electron chi connectivity index (χ4n) is 3.30. The van der Waals surface area contributed by atoms with E-state index in [-0.39, 0.29) is 5.91 Å². The van der Waals surface area contributed by atoms with E-state index in [0.717, 1.165) is 23.5 Å². The maximum atomic E-state index is 12.8. The molecule has 0 aliphatic heterocycles. The molecule has 0 radical (unpaired) electrons. The fraction of sp³-hybridized carbons (Fsp3) is 0.294. The summed E-state index contributed by atoms with van der Waals surface area (Å²) in [6.45, 7) is 0. The molecule has 0 atom stereocenters. The highest BCUT2D eigenvalue weighted by Gasteiger charge is 2.23. The van der Waals surface area contributed by atoms with E-state index < -0.39 is 0 Å². The van der Waals surface area contributed by atoms with Gasteiger partial charge in [0.15, 0.2) is 5.16 Å². The number of H-pyrrole nitrogens is 1. The maximum absolute atomic E-state index is 12.8. The zero-order valence-corrected chi connectivity index (χ0v) is 13.0. The van der Waals surface area contributed by atoms with Crippen LogP contribution >= 0.6 is 11.8 Å². The standard InChI is InChI=1S/C17H17N3OS/c21-16(11-22-17-18-9-10-19-17)20-14-7-3-1-5-12(14)13-6-2-4-8-15(13)20/h1,3,5,7,9-10H,2,4,6,8,11H2,(H,18,19). The Bertz CT molecular complexity index is 820. The molecule has 1 aromatic carbocycles. The number of fused-ring (bicyclic) bond motifs is 3. The predicted molar refractivity (Wildman–Crippen MR) is 88.5 cm³/mol. The first kappa shape index (κ1) is 13.6. The van der Waals surface area contributed by atoms with E-state index in [2.05, 4.69) is 28.2 Å². The largest absolute Gasteiger partial charge is 0.340 e. The molecule has 3 aromatic rings. The summed E-state index contributed by atoms with van der Waals surface area (Å²) < 4.78 is 1.94. The van der Waals surface area contributed by atoms with Crippen molar-refractivity contribution < 1.29 is 4.79 Å². The van der Waals surface area contributed by atoms with Gasteiger partial charge in [-0.15, -0.1) is 0 Å². The molecule has 0 saturated carbocycles. The average Bonchev–Trinajstić information content (AvgIpc) is 3.18. The Morgan fingerprint density at radius 1 is 1.27 bits per heavy atom. The highest BCUT2D eigenvalue weighted by Crippen LogP contribution is 2.32. The zero-order chi connectivity index (χ0) is 14.9. The van der Waals surface area contributed by atoms with Crippen molar-refractivity contribution in [2.24, 2.45) is 0 Å². The monoisotopic (exact) mass is 311 g/mol. The first-order chi connectivity index (χ1) is 10.8. The minimum absolute atomic E-state index is 0.140. The molecule has 0 amide bonds. The molecule has 4 rings (SSSR count). The number of rotatable bonds is 3. The van der Waals surface area contributed by atoms with Gasteiger partial charge in [-0.1, -0.05) is 30.0 Å². The van der Waals surface area contributed by atoms with Crippen molar-refractivity contribution in [1.29, 1.82) is 0 Å². The number of carbonyl (C=O) groups is 1. The summed E-state index contributed by atoms with van der Waals surface area (Å²) in [6, 6.07) is 8.27. The Hall–Kier alpha value is -2.01. The lowest BCUT2D eigenvalue weighted by Gasteiger charge is -2.14. The molecule has 1 N–H and O–H groups in total. The van der Waals surface area contributed by atoms with E-state index in [0.29, 0.717) is 5.75 Å². The summed E-state index contributed by atoms with van der Waals surface area (Å²) in [5.74, 6) is 0.541. The van der Waals surface area contributed by atoms with Gasteiger partial charge in [0, 0.05) is 23.5 Å². The normalized spacial score (nSPS) is 14.2. The number of thioether (sulfide) groups is 1. The third kappa shape index (κ3) is 2.25. The van der Waals surface area contributed by atoms with Gasteiger partial charge in [0.05, 0.1) is 11.3 Å². The van der Waals surface area contributed by atoms with Crippen molar-refractivity contribution in [3.05, 3.63) is 47.9 Å². The summed E-state index contributed by atoms with van der Waals surface area (Å²) in [5, 5.41) is 2.03. The first-order valence-corrected chi connectivity index (χ1v) is 8.60. The summed E-state index contributed by atoms with van der Waals surface area (Å²) >= 11 is 1.46. The molecular formula is C17H17N3OS. The van der Waals surface area contributed by atoms with Crippen molar-refractivity contribution in [2.75, 3.05) is 5.75 Å². The lowest BCUT2D eigenvalue weighted by molar-refractivity contribution is 0.0943. The number of nitrogens with one attached hydrogen (secondary N) is 1. The molecule has 0 spiro atoms. The summed E-state index contributed by atoms with van der Waals surface area (Å²) in [4.78, 5) is 20.0. The quantitative estimate of drug-likeness (QED) is 0.751. The second-order valence-electron chi connectivity index (χ2n) is 5.56. The van der Waals surface area contributed by atoms with E-state index in [1.807, 2.05) is 10.6 Å². The minimum atomic E-state index is 0.140. The molecule has 0 unspecified atom stereocenters. The fourth-order valence-corrected chi connectivity index (χ4v) is 3.98. The maximum Gasteiger partial charge on any atom is 0.241 e. The Kier molecular flexibility index (Phi) is 3.50. The second kappa shape index (κ2) is 5.65. The van der Waals surface area contributed by atoms with Crippen LogP contribution in [0.1, 0.15) is 28.9 Å². The molecule has 1 aliphatic rings. The molecular weight excluding hydrogens is 294 g/mol. The summed E-state index contributed by atoms with van der Waals surface area (Å²) in [6.07, 6.45) is 7.96. The van der Waals surface area contributed by atoms with Gasteiger partial charge in [0.25, 0.3) is 0 Å².